The molecule has 0 spiro atoms. The molecule has 0 atom stereocenters. The van der Waals surface area contributed by atoms with Crippen molar-refractivity contribution in [2.45, 2.75) is 105 Å². The van der Waals surface area contributed by atoms with E-state index in [2.05, 4.69) is 16.4 Å². The molecular weight excluding hydrogens is 342 g/mol. The molecule has 1 fully saturated rings. The summed E-state index contributed by atoms with van der Waals surface area (Å²) >= 11 is 0. The number of primary amides is 1. The molecule has 0 aromatic heterocycles. The van der Waals surface area contributed by atoms with E-state index in [1.807, 2.05) is 20.8 Å². The highest BCUT2D eigenvalue weighted by Gasteiger charge is 2.12. The van der Waals surface area contributed by atoms with Crippen LogP contribution < -0.4 is 5.73 Å². The van der Waals surface area contributed by atoms with Crippen molar-refractivity contribution in [2.75, 3.05) is 0 Å². The normalized spacial score (nSPS) is 15.5. The highest BCUT2D eigenvalue weighted by molar-refractivity contribution is 5.85. The predicted octanol–water partition coefficient (Wildman–Crippen LogP) is 5.63. The first-order valence-electron chi connectivity index (χ1n) is 8.97. The Morgan fingerprint density at radius 2 is 1.32 bits per heavy atom. The molecule has 1 rings (SSSR count). The summed E-state index contributed by atoms with van der Waals surface area (Å²) in [4.78, 5) is 19.6. The van der Waals surface area contributed by atoms with Crippen molar-refractivity contribution >= 4 is 25.0 Å². The van der Waals surface area contributed by atoms with Crippen LogP contribution in [0.5, 0.6) is 0 Å². The van der Waals surface area contributed by atoms with Gasteiger partial charge >= 0.3 is 6.09 Å². The summed E-state index contributed by atoms with van der Waals surface area (Å²) in [5, 5.41) is 0. The Labute approximate surface area is 160 Å². The van der Waals surface area contributed by atoms with E-state index in [0.29, 0.717) is 6.47 Å². The largest absolute Gasteiger partial charge is 0.462 e. The van der Waals surface area contributed by atoms with Crippen LogP contribution in [-0.4, -0.2) is 23.8 Å². The predicted molar refractivity (Wildman–Crippen MR) is 106 cm³/mol. The molecule has 0 saturated heterocycles. The fourth-order valence-corrected chi connectivity index (χ4v) is 2.11. The van der Waals surface area contributed by atoms with E-state index in [0.717, 1.165) is 5.92 Å². The molecule has 0 aromatic rings. The van der Waals surface area contributed by atoms with Crippen molar-refractivity contribution in [2.24, 2.45) is 11.7 Å². The molecule has 1 aliphatic carbocycles. The monoisotopic (exact) mass is 381 g/mol. The molecular formula is C19H40ClNO4. The van der Waals surface area contributed by atoms with E-state index < -0.39 is 11.7 Å². The van der Waals surface area contributed by atoms with Gasteiger partial charge in [0.15, 0.2) is 0 Å². The average molecular weight is 382 g/mol. The fourth-order valence-electron chi connectivity index (χ4n) is 2.11. The minimum absolute atomic E-state index is 0. The van der Waals surface area contributed by atoms with Gasteiger partial charge in [0.2, 0.25) is 0 Å². The number of hydrogen-bond donors (Lipinski definition) is 1. The molecule has 0 aliphatic heterocycles. The Hall–Kier alpha value is -0.970. The highest BCUT2D eigenvalue weighted by atomic mass is 35.5. The van der Waals surface area contributed by atoms with Crippen LogP contribution in [0.1, 0.15) is 93.4 Å². The van der Waals surface area contributed by atoms with Gasteiger partial charge in [-0.15, -0.1) is 12.4 Å². The van der Waals surface area contributed by atoms with Crippen molar-refractivity contribution < 1.29 is 19.1 Å². The second-order valence-electron chi connectivity index (χ2n) is 8.31. The lowest BCUT2D eigenvalue weighted by Crippen LogP contribution is -2.27. The lowest BCUT2D eigenvalue weighted by atomic mass is 9.93. The summed E-state index contributed by atoms with van der Waals surface area (Å²) in [7, 11) is 0. The molecule has 1 amide bonds. The van der Waals surface area contributed by atoms with Gasteiger partial charge in [-0.05, 0) is 47.5 Å². The maximum Gasteiger partial charge on any atom is 0.405 e. The summed E-state index contributed by atoms with van der Waals surface area (Å²) in [6.45, 7) is 13.6. The zero-order chi connectivity index (χ0) is 19.2. The summed E-state index contributed by atoms with van der Waals surface area (Å²) in [6, 6.07) is 0. The molecule has 25 heavy (non-hydrogen) atoms. The lowest BCUT2D eigenvalue weighted by Gasteiger charge is -2.16. The average Bonchev–Trinajstić information content (AvgIpc) is 2.30. The fraction of sp³-hybridized carbons (Fsp3) is 0.895. The summed E-state index contributed by atoms with van der Waals surface area (Å²) in [5.41, 5.74) is 3.95. The standard InChI is InChI=1S/C9H18.C5H11NO2.C5H10O2.ClH/c1-9-7-5-3-2-4-6-8-9;1-5(2,3)8-4(6)7;1-5(2,3)7-4-6;/h9H,2-8H2,1H3;1-3H3,(H2,6,7);4H,1-3H3;1H. The first-order valence-corrected chi connectivity index (χ1v) is 8.97. The van der Waals surface area contributed by atoms with Crippen molar-refractivity contribution in [1.29, 1.82) is 0 Å². The van der Waals surface area contributed by atoms with Crippen molar-refractivity contribution in [3.63, 3.8) is 0 Å². The van der Waals surface area contributed by atoms with Crippen LogP contribution in [0.25, 0.3) is 0 Å². The van der Waals surface area contributed by atoms with E-state index in [-0.39, 0.29) is 18.0 Å². The van der Waals surface area contributed by atoms with Crippen LogP contribution in [0.3, 0.4) is 0 Å². The molecule has 0 unspecified atom stereocenters. The second kappa shape index (κ2) is 15.3. The van der Waals surface area contributed by atoms with Crippen LogP contribution in [0, 0.1) is 5.92 Å². The van der Waals surface area contributed by atoms with Gasteiger partial charge in [0, 0.05) is 0 Å². The Balaban J connectivity index is -0.000000288. The summed E-state index contributed by atoms with van der Waals surface area (Å²) in [5.74, 6) is 1.02. The molecule has 2 N–H and O–H groups in total. The van der Waals surface area contributed by atoms with E-state index >= 15 is 0 Å². The Morgan fingerprint density at radius 1 is 0.920 bits per heavy atom. The van der Waals surface area contributed by atoms with Crippen molar-refractivity contribution in [3.8, 4) is 0 Å². The molecule has 0 bridgehead atoms. The quantitative estimate of drug-likeness (QED) is 0.597. The molecule has 0 radical (unpaired) electrons. The van der Waals surface area contributed by atoms with Gasteiger partial charge < -0.3 is 15.2 Å². The third-order valence-electron chi connectivity index (χ3n) is 3.20. The number of carbonyl (C=O) groups is 2. The van der Waals surface area contributed by atoms with Crippen molar-refractivity contribution in [1.82, 2.24) is 0 Å². The number of hydrogen-bond acceptors (Lipinski definition) is 4. The molecule has 152 valence electrons. The Morgan fingerprint density at radius 3 is 1.52 bits per heavy atom. The number of amides is 1. The molecule has 0 heterocycles. The van der Waals surface area contributed by atoms with Gasteiger partial charge in [-0.2, -0.15) is 0 Å². The highest BCUT2D eigenvalue weighted by Crippen LogP contribution is 2.20. The van der Waals surface area contributed by atoms with Crippen LogP contribution >= 0.6 is 12.4 Å². The minimum atomic E-state index is -0.725. The van der Waals surface area contributed by atoms with Crippen molar-refractivity contribution in [3.05, 3.63) is 0 Å². The third kappa shape index (κ3) is 31.3. The third-order valence-corrected chi connectivity index (χ3v) is 3.20. The minimum Gasteiger partial charge on any atom is -0.462 e. The number of rotatable bonds is 1. The van der Waals surface area contributed by atoms with Gasteiger partial charge in [0.1, 0.15) is 11.2 Å². The van der Waals surface area contributed by atoms with Gasteiger partial charge in [-0.1, -0.05) is 51.9 Å². The summed E-state index contributed by atoms with van der Waals surface area (Å²) < 4.78 is 9.12. The number of nitrogens with two attached hydrogens (primary N) is 1. The molecule has 1 saturated carbocycles. The number of carbonyl (C=O) groups excluding carboxylic acids is 2. The molecule has 5 nitrogen and oxygen atoms in total. The van der Waals surface area contributed by atoms with Gasteiger partial charge in [-0.3, -0.25) is 4.79 Å². The summed E-state index contributed by atoms with van der Waals surface area (Å²) in [6.07, 6.45) is 9.70. The van der Waals surface area contributed by atoms with Gasteiger partial charge in [-0.25, -0.2) is 4.79 Å². The van der Waals surface area contributed by atoms with Crippen LogP contribution in [-0.2, 0) is 14.3 Å². The Kier molecular flexibility index (Phi) is 17.6. The van der Waals surface area contributed by atoms with E-state index in [9.17, 15) is 9.59 Å². The second-order valence-corrected chi connectivity index (χ2v) is 8.31. The molecule has 0 aromatic carbocycles. The maximum absolute atomic E-state index is 10.0. The van der Waals surface area contributed by atoms with Crippen LogP contribution in [0.15, 0.2) is 0 Å². The number of ether oxygens (including phenoxy) is 2. The van der Waals surface area contributed by atoms with E-state index in [4.69, 9.17) is 5.73 Å². The zero-order valence-electron chi connectivity index (χ0n) is 17.2. The number of halogens is 1. The van der Waals surface area contributed by atoms with Gasteiger partial charge in [0.25, 0.3) is 6.47 Å². The van der Waals surface area contributed by atoms with Gasteiger partial charge in [0.05, 0.1) is 0 Å². The first-order chi connectivity index (χ1) is 10.9. The van der Waals surface area contributed by atoms with Crippen LogP contribution in [0.4, 0.5) is 4.79 Å². The smallest absolute Gasteiger partial charge is 0.405 e. The maximum atomic E-state index is 10.0. The first kappa shape index (κ1) is 28.8. The van der Waals surface area contributed by atoms with E-state index in [1.165, 1.54) is 44.9 Å². The Bertz CT molecular complexity index is 327. The van der Waals surface area contributed by atoms with Crippen LogP contribution in [0.2, 0.25) is 0 Å². The molecule has 1 aliphatic rings. The molecule has 6 heteroatoms. The lowest BCUT2D eigenvalue weighted by molar-refractivity contribution is -0.138. The SMILES string of the molecule is CC(C)(C)OC(N)=O.CC(C)(C)OC=O.CC1CCCCCCC1.Cl. The zero-order valence-corrected chi connectivity index (χ0v) is 18.0. The topological polar surface area (TPSA) is 78.6 Å². The van der Waals surface area contributed by atoms with E-state index in [1.54, 1.807) is 20.8 Å².